The first-order valence-corrected chi connectivity index (χ1v) is 7.70. The predicted molar refractivity (Wildman–Crippen MR) is 79.7 cm³/mol. The van der Waals surface area contributed by atoms with Crippen LogP contribution in [0.4, 0.5) is 0 Å². The second-order valence-electron chi connectivity index (χ2n) is 6.06. The average Bonchev–Trinajstić information content (AvgIpc) is 2.35. The summed E-state index contributed by atoms with van der Waals surface area (Å²) >= 11 is 10.8. The Labute approximate surface area is 131 Å². The number of unbranched alkanes of at least 4 members (excludes halogenated alkanes) is 1. The van der Waals surface area contributed by atoms with Crippen molar-refractivity contribution in [3.8, 4) is 0 Å². The lowest BCUT2D eigenvalue weighted by Gasteiger charge is -2.24. The summed E-state index contributed by atoms with van der Waals surface area (Å²) in [5, 5.41) is 0. The van der Waals surface area contributed by atoms with Gasteiger partial charge in [0.25, 0.3) is 0 Å². The molecule has 0 spiro atoms. The quantitative estimate of drug-likeness (QED) is 0.364. The maximum Gasteiger partial charge on any atom is 0.312 e. The van der Waals surface area contributed by atoms with E-state index in [-0.39, 0.29) is 24.1 Å². The van der Waals surface area contributed by atoms with Gasteiger partial charge in [-0.25, -0.2) is 0 Å². The summed E-state index contributed by atoms with van der Waals surface area (Å²) in [7, 11) is 0. The lowest BCUT2D eigenvalue weighted by atomic mass is 9.83. The molecule has 0 aromatic carbocycles. The van der Waals surface area contributed by atoms with Gasteiger partial charge in [-0.2, -0.15) is 0 Å². The number of alkyl halides is 2. The van der Waals surface area contributed by atoms with Gasteiger partial charge in [-0.1, -0.05) is 36.0 Å². The molecular weight excluding hydrogens is 303 g/mol. The highest BCUT2D eigenvalue weighted by molar-refractivity contribution is 6.17. The molecule has 0 aliphatic carbocycles. The van der Waals surface area contributed by atoms with E-state index in [2.05, 4.69) is 0 Å². The minimum atomic E-state index is -0.560. The summed E-state index contributed by atoms with van der Waals surface area (Å²) < 4.78 is 9.63. The zero-order chi connectivity index (χ0) is 15.8. The summed E-state index contributed by atoms with van der Waals surface area (Å²) in [6, 6.07) is -0.251. The molecule has 0 aliphatic heterocycles. The lowest BCUT2D eigenvalue weighted by molar-refractivity contribution is -0.153. The van der Waals surface area contributed by atoms with Gasteiger partial charge < -0.3 is 9.47 Å². The van der Waals surface area contributed by atoms with Gasteiger partial charge in [-0.3, -0.25) is 9.59 Å². The van der Waals surface area contributed by atoms with E-state index in [0.717, 1.165) is 12.8 Å². The Morgan fingerprint density at radius 1 is 0.800 bits per heavy atom. The van der Waals surface area contributed by atoms with Gasteiger partial charge >= 0.3 is 11.9 Å². The smallest absolute Gasteiger partial charge is 0.312 e. The fourth-order valence-corrected chi connectivity index (χ4v) is 2.03. The Hall–Kier alpha value is -0.480. The molecule has 20 heavy (non-hydrogen) atoms. The summed E-state index contributed by atoms with van der Waals surface area (Å²) in [5.74, 6) is -0.596. The Morgan fingerprint density at radius 2 is 1.10 bits per heavy atom. The minimum Gasteiger partial charge on any atom is -0.449 e. The van der Waals surface area contributed by atoms with Crippen LogP contribution in [0.15, 0.2) is 0 Å². The van der Waals surface area contributed by atoms with Crippen LogP contribution in [0.3, 0.4) is 0 Å². The number of hydrogen-bond donors (Lipinski definition) is 0. The number of halogens is 2. The van der Waals surface area contributed by atoms with Crippen molar-refractivity contribution in [1.29, 1.82) is 0 Å². The van der Waals surface area contributed by atoms with E-state index in [1.54, 1.807) is 0 Å². The number of rotatable bonds is 9. The van der Waals surface area contributed by atoms with E-state index in [0.29, 0.717) is 12.8 Å². The van der Waals surface area contributed by atoms with Crippen molar-refractivity contribution < 1.29 is 19.1 Å². The first-order valence-electron chi connectivity index (χ1n) is 6.64. The fraction of sp³-hybridized carbons (Fsp3) is 0.857. The molecule has 0 saturated heterocycles. The van der Waals surface area contributed by atoms with Gasteiger partial charge in [0.05, 0.1) is 10.8 Å². The van der Waals surface area contributed by atoms with Gasteiger partial charge in [0.2, 0.25) is 0 Å². The molecule has 0 radical (unpaired) electrons. The van der Waals surface area contributed by atoms with Crippen molar-refractivity contribution in [2.45, 2.75) is 53.4 Å². The highest BCUT2D eigenvalue weighted by atomic mass is 35.5. The molecule has 0 N–H and O–H groups in total. The number of carbonyl (C=O) groups is 2. The highest BCUT2D eigenvalue weighted by Gasteiger charge is 2.31. The molecule has 0 aliphatic rings. The number of carbonyl (C=O) groups excluding carboxylic acids is 2. The molecule has 0 aromatic rings. The molecule has 118 valence electrons. The van der Waals surface area contributed by atoms with Crippen LogP contribution in [0, 0.1) is 10.8 Å². The summed E-state index contributed by atoms with van der Waals surface area (Å²) in [5.41, 5.74) is -1.12. The molecular formula is C14H24Cl2O4. The van der Waals surface area contributed by atoms with Crippen molar-refractivity contribution in [2.24, 2.45) is 10.8 Å². The zero-order valence-electron chi connectivity index (χ0n) is 12.6. The molecule has 0 unspecified atom stereocenters. The third-order valence-electron chi connectivity index (χ3n) is 3.33. The summed E-state index contributed by atoms with van der Waals surface area (Å²) in [6.45, 7) is 7.31. The van der Waals surface area contributed by atoms with Crippen molar-refractivity contribution in [2.75, 3.05) is 12.1 Å². The van der Waals surface area contributed by atoms with Gasteiger partial charge in [-0.05, 0) is 40.5 Å². The highest BCUT2D eigenvalue weighted by Crippen LogP contribution is 2.29. The largest absolute Gasteiger partial charge is 0.449 e. The van der Waals surface area contributed by atoms with Gasteiger partial charge in [0, 0.05) is 0 Å². The van der Waals surface area contributed by atoms with E-state index in [1.807, 2.05) is 27.7 Å². The van der Waals surface area contributed by atoms with Crippen LogP contribution in [0.25, 0.3) is 0 Å². The second kappa shape index (κ2) is 8.73. The van der Waals surface area contributed by atoms with Crippen LogP contribution in [0.1, 0.15) is 53.4 Å². The van der Waals surface area contributed by atoms with Crippen molar-refractivity contribution in [3.05, 3.63) is 0 Å². The molecule has 0 saturated carbocycles. The van der Waals surface area contributed by atoms with E-state index in [4.69, 9.17) is 32.7 Å². The normalized spacial score (nSPS) is 12.1. The predicted octanol–water partition coefficient (Wildman–Crippen LogP) is 4.08. The fourth-order valence-electron chi connectivity index (χ4n) is 1.83. The van der Waals surface area contributed by atoms with Crippen molar-refractivity contribution in [3.63, 3.8) is 0 Å². The zero-order valence-corrected chi connectivity index (χ0v) is 14.1. The van der Waals surface area contributed by atoms with Gasteiger partial charge in [0.15, 0.2) is 12.1 Å². The first kappa shape index (κ1) is 19.5. The van der Waals surface area contributed by atoms with Crippen LogP contribution in [-0.4, -0.2) is 24.1 Å². The van der Waals surface area contributed by atoms with Crippen LogP contribution in [0.2, 0.25) is 0 Å². The molecule has 0 fully saturated rings. The van der Waals surface area contributed by atoms with Gasteiger partial charge in [-0.15, -0.1) is 0 Å². The van der Waals surface area contributed by atoms with Crippen LogP contribution in [-0.2, 0) is 19.1 Å². The molecule has 0 bridgehead atoms. The number of esters is 2. The van der Waals surface area contributed by atoms with Crippen LogP contribution >= 0.6 is 23.2 Å². The maximum absolute atomic E-state index is 11.7. The molecule has 0 rings (SSSR count). The Morgan fingerprint density at radius 3 is 1.35 bits per heavy atom. The molecule has 6 heteroatoms. The third-order valence-corrected chi connectivity index (χ3v) is 3.55. The Bertz CT molecular complexity index is 295. The standard InChI is InChI=1S/C14H24Cl2O4/c1-13(2,11(17)19-9-15)7-5-6-8-14(3,4)12(18)20-10-16/h5-10H2,1-4H3. The maximum atomic E-state index is 11.7. The number of hydrogen-bond acceptors (Lipinski definition) is 4. The van der Waals surface area contributed by atoms with Gasteiger partial charge in [0.1, 0.15) is 0 Å². The number of ether oxygens (including phenoxy) is 2. The van der Waals surface area contributed by atoms with E-state index < -0.39 is 10.8 Å². The van der Waals surface area contributed by atoms with Crippen molar-refractivity contribution >= 4 is 35.1 Å². The molecule has 0 atom stereocenters. The van der Waals surface area contributed by atoms with E-state index in [1.165, 1.54) is 0 Å². The SMILES string of the molecule is CC(C)(CCCCC(C)(C)C(=O)OCCl)C(=O)OCCl. The van der Waals surface area contributed by atoms with Crippen LogP contribution in [0.5, 0.6) is 0 Å². The average molecular weight is 327 g/mol. The molecule has 0 heterocycles. The topological polar surface area (TPSA) is 52.6 Å². The van der Waals surface area contributed by atoms with Crippen molar-refractivity contribution in [1.82, 2.24) is 0 Å². The summed E-state index contributed by atoms with van der Waals surface area (Å²) in [4.78, 5) is 23.3. The minimum absolute atomic E-state index is 0.125. The molecule has 4 nitrogen and oxygen atoms in total. The molecule has 0 aromatic heterocycles. The first-order chi connectivity index (χ1) is 9.17. The lowest BCUT2D eigenvalue weighted by Crippen LogP contribution is -2.28. The monoisotopic (exact) mass is 326 g/mol. The van der Waals surface area contributed by atoms with Crippen LogP contribution < -0.4 is 0 Å². The third kappa shape index (κ3) is 6.80. The second-order valence-corrected chi connectivity index (χ2v) is 6.49. The van der Waals surface area contributed by atoms with E-state index >= 15 is 0 Å². The molecule has 0 amide bonds. The summed E-state index contributed by atoms with van der Waals surface area (Å²) in [6.07, 6.45) is 3.01. The Balaban J connectivity index is 4.13. The Kier molecular flexibility index (Phi) is 8.52. The van der Waals surface area contributed by atoms with E-state index in [9.17, 15) is 9.59 Å².